The second-order valence-electron chi connectivity index (χ2n) is 8.01. The van der Waals surface area contributed by atoms with E-state index in [-0.39, 0.29) is 10.8 Å². The van der Waals surface area contributed by atoms with Crippen LogP contribution in [0.1, 0.15) is 24.6 Å². The van der Waals surface area contributed by atoms with Gasteiger partial charge in [0.2, 0.25) is 0 Å². The summed E-state index contributed by atoms with van der Waals surface area (Å²) in [6.07, 6.45) is 1.70. The zero-order chi connectivity index (χ0) is 23.6. The zero-order valence-electron chi connectivity index (χ0n) is 18.4. The Labute approximate surface area is 196 Å². The first-order chi connectivity index (χ1) is 15.8. The van der Waals surface area contributed by atoms with Crippen molar-refractivity contribution in [3.8, 4) is 0 Å². The highest BCUT2D eigenvalue weighted by molar-refractivity contribution is 7.91. The Morgan fingerprint density at radius 2 is 2.03 bits per heavy atom. The van der Waals surface area contributed by atoms with Crippen molar-refractivity contribution in [2.45, 2.75) is 37.0 Å². The fourth-order valence-electron chi connectivity index (χ4n) is 3.80. The van der Waals surface area contributed by atoms with Gasteiger partial charge in [0.25, 0.3) is 15.9 Å². The van der Waals surface area contributed by atoms with E-state index in [2.05, 4.69) is 10.3 Å². The highest BCUT2D eigenvalue weighted by Gasteiger charge is 2.35. The number of benzene rings is 1. The zero-order valence-corrected chi connectivity index (χ0v) is 20.0. The van der Waals surface area contributed by atoms with E-state index < -0.39 is 33.9 Å². The molecule has 1 aromatic carbocycles. The number of thiophene rings is 1. The van der Waals surface area contributed by atoms with Crippen molar-refractivity contribution in [2.75, 3.05) is 18.4 Å². The third-order valence-corrected chi connectivity index (χ3v) is 8.93. The summed E-state index contributed by atoms with van der Waals surface area (Å²) in [5.74, 6) is -1.65. The van der Waals surface area contributed by atoms with Crippen LogP contribution in [-0.2, 0) is 24.3 Å². The summed E-state index contributed by atoms with van der Waals surface area (Å²) in [7, 11) is -3.66. The van der Waals surface area contributed by atoms with Crippen LogP contribution in [-0.4, -0.2) is 48.8 Å². The molecule has 0 spiro atoms. The van der Waals surface area contributed by atoms with Crippen molar-refractivity contribution in [3.05, 3.63) is 53.5 Å². The molecular weight excluding hydrogens is 462 g/mol. The third kappa shape index (κ3) is 5.07. The van der Waals surface area contributed by atoms with Crippen LogP contribution in [0.5, 0.6) is 0 Å². The minimum absolute atomic E-state index is 0.0431. The van der Waals surface area contributed by atoms with Gasteiger partial charge >= 0.3 is 5.97 Å². The number of sulfonamides is 1. The van der Waals surface area contributed by atoms with Crippen molar-refractivity contribution in [1.82, 2.24) is 9.29 Å². The second kappa shape index (κ2) is 9.58. The number of ether oxygens (including phenoxy) is 1. The number of hydrogen-bond donors (Lipinski definition) is 1. The number of amides is 1. The Kier molecular flexibility index (Phi) is 6.78. The summed E-state index contributed by atoms with van der Waals surface area (Å²) in [6.45, 7) is 3.75. The number of piperidine rings is 1. The number of aromatic nitrogens is 1. The van der Waals surface area contributed by atoms with Crippen LogP contribution >= 0.6 is 11.3 Å². The number of nitrogens with one attached hydrogen (secondary N) is 1. The molecule has 33 heavy (non-hydrogen) atoms. The molecule has 3 heterocycles. The molecule has 1 saturated heterocycles. The predicted molar refractivity (Wildman–Crippen MR) is 126 cm³/mol. The Hall–Kier alpha value is -2.82. The van der Waals surface area contributed by atoms with E-state index in [4.69, 9.17) is 4.74 Å². The third-order valence-electron chi connectivity index (χ3n) is 5.59. The Morgan fingerprint density at radius 3 is 2.79 bits per heavy atom. The van der Waals surface area contributed by atoms with Gasteiger partial charge in [0, 0.05) is 29.5 Å². The van der Waals surface area contributed by atoms with Crippen LogP contribution in [0.2, 0.25) is 0 Å². The minimum atomic E-state index is -3.66. The first kappa shape index (κ1) is 23.3. The molecule has 0 bridgehead atoms. The summed E-state index contributed by atoms with van der Waals surface area (Å²) in [6, 6.07) is 12.4. The van der Waals surface area contributed by atoms with Gasteiger partial charge in [-0.05, 0) is 63.1 Å². The number of rotatable bonds is 6. The SMILES string of the molecule is Cc1ccc(S(=O)(=O)N2CCCC(C(=O)OC(C)C(=O)Nc3cccc4ncccc34)C2)s1. The minimum Gasteiger partial charge on any atom is -0.452 e. The predicted octanol–water partition coefficient (Wildman–Crippen LogP) is 3.58. The van der Waals surface area contributed by atoms with Gasteiger partial charge in [-0.2, -0.15) is 4.31 Å². The molecule has 174 valence electrons. The molecule has 0 radical (unpaired) electrons. The highest BCUT2D eigenvalue weighted by atomic mass is 32.2. The summed E-state index contributed by atoms with van der Waals surface area (Å²) in [5, 5.41) is 3.57. The monoisotopic (exact) mass is 487 g/mol. The molecule has 1 fully saturated rings. The number of esters is 1. The molecule has 0 saturated carbocycles. The van der Waals surface area contributed by atoms with E-state index in [1.807, 2.05) is 19.1 Å². The number of carbonyl (C=O) groups excluding carboxylic acids is 2. The van der Waals surface area contributed by atoms with Gasteiger partial charge in [0.05, 0.1) is 17.1 Å². The molecule has 0 aliphatic carbocycles. The van der Waals surface area contributed by atoms with Crippen LogP contribution in [0, 0.1) is 12.8 Å². The Balaban J connectivity index is 1.39. The normalized spacial score (nSPS) is 18.1. The first-order valence-electron chi connectivity index (χ1n) is 10.7. The molecule has 2 atom stereocenters. The maximum atomic E-state index is 12.9. The number of hydrogen-bond acceptors (Lipinski definition) is 7. The lowest BCUT2D eigenvalue weighted by molar-refractivity contribution is -0.158. The molecule has 2 aromatic heterocycles. The molecule has 1 N–H and O–H groups in total. The molecule has 1 amide bonds. The van der Waals surface area contributed by atoms with Gasteiger partial charge in [0.1, 0.15) is 4.21 Å². The van der Waals surface area contributed by atoms with E-state index in [9.17, 15) is 18.0 Å². The average Bonchev–Trinajstić information content (AvgIpc) is 3.26. The van der Waals surface area contributed by atoms with Gasteiger partial charge in [-0.25, -0.2) is 8.42 Å². The second-order valence-corrected chi connectivity index (χ2v) is 11.5. The Morgan fingerprint density at radius 1 is 1.21 bits per heavy atom. The summed E-state index contributed by atoms with van der Waals surface area (Å²) < 4.78 is 32.9. The van der Waals surface area contributed by atoms with Crippen molar-refractivity contribution in [2.24, 2.45) is 5.92 Å². The van der Waals surface area contributed by atoms with Gasteiger partial charge < -0.3 is 10.1 Å². The van der Waals surface area contributed by atoms with Crippen LogP contribution in [0.3, 0.4) is 0 Å². The molecule has 2 unspecified atom stereocenters. The first-order valence-corrected chi connectivity index (χ1v) is 12.9. The van der Waals surface area contributed by atoms with E-state index in [1.165, 1.54) is 22.6 Å². The maximum absolute atomic E-state index is 12.9. The molecule has 1 aliphatic rings. The largest absolute Gasteiger partial charge is 0.452 e. The lowest BCUT2D eigenvalue weighted by Gasteiger charge is -2.30. The van der Waals surface area contributed by atoms with Crippen molar-refractivity contribution in [1.29, 1.82) is 0 Å². The average molecular weight is 488 g/mol. The number of anilines is 1. The van der Waals surface area contributed by atoms with Crippen molar-refractivity contribution < 1.29 is 22.7 Å². The molecule has 4 rings (SSSR count). The fourth-order valence-corrected chi connectivity index (χ4v) is 6.76. The molecular formula is C23H25N3O5S2. The number of nitrogens with zero attached hydrogens (tertiary/aromatic N) is 2. The van der Waals surface area contributed by atoms with Gasteiger partial charge in [-0.15, -0.1) is 11.3 Å². The molecule has 8 nitrogen and oxygen atoms in total. The molecule has 1 aliphatic heterocycles. The summed E-state index contributed by atoms with van der Waals surface area (Å²) >= 11 is 1.21. The van der Waals surface area contributed by atoms with Gasteiger partial charge in [-0.1, -0.05) is 6.07 Å². The van der Waals surface area contributed by atoms with Crippen LogP contribution in [0.25, 0.3) is 10.9 Å². The number of pyridine rings is 1. The van der Waals surface area contributed by atoms with Crippen molar-refractivity contribution >= 4 is 49.8 Å². The number of carbonyl (C=O) groups is 2. The maximum Gasteiger partial charge on any atom is 0.311 e. The lowest BCUT2D eigenvalue weighted by Crippen LogP contribution is -2.43. The quantitative estimate of drug-likeness (QED) is 0.533. The highest BCUT2D eigenvalue weighted by Crippen LogP contribution is 2.29. The topological polar surface area (TPSA) is 106 Å². The summed E-state index contributed by atoms with van der Waals surface area (Å²) in [5.41, 5.74) is 1.32. The standard InChI is InChI=1S/C23H25N3O5S2/c1-15-10-11-21(32-15)33(29,30)26-13-5-6-17(14-26)23(28)31-16(2)22(27)25-20-9-3-8-19-18(20)7-4-12-24-19/h3-4,7-12,16-17H,5-6,13-14H2,1-2H3,(H,25,27). The number of fused-ring (bicyclic) bond motifs is 1. The van der Waals surface area contributed by atoms with Gasteiger partial charge in [-0.3, -0.25) is 14.6 Å². The van der Waals surface area contributed by atoms with Crippen LogP contribution in [0.4, 0.5) is 5.69 Å². The fraction of sp³-hybridized carbons (Fsp3) is 0.348. The summed E-state index contributed by atoms with van der Waals surface area (Å²) in [4.78, 5) is 30.6. The van der Waals surface area contributed by atoms with Crippen LogP contribution in [0.15, 0.2) is 52.9 Å². The smallest absolute Gasteiger partial charge is 0.311 e. The van der Waals surface area contributed by atoms with Crippen LogP contribution < -0.4 is 5.32 Å². The lowest BCUT2D eigenvalue weighted by atomic mass is 10.00. The van der Waals surface area contributed by atoms with E-state index in [0.717, 1.165) is 15.8 Å². The molecule has 10 heteroatoms. The molecule has 3 aromatic rings. The Bertz CT molecular complexity index is 1280. The van der Waals surface area contributed by atoms with Crippen molar-refractivity contribution in [3.63, 3.8) is 0 Å². The van der Waals surface area contributed by atoms with E-state index in [1.54, 1.807) is 36.5 Å². The number of aryl methyl sites for hydroxylation is 1. The van der Waals surface area contributed by atoms with E-state index >= 15 is 0 Å². The van der Waals surface area contributed by atoms with E-state index in [0.29, 0.717) is 25.1 Å². The van der Waals surface area contributed by atoms with Gasteiger partial charge in [0.15, 0.2) is 6.10 Å².